The van der Waals surface area contributed by atoms with Gasteiger partial charge in [0.2, 0.25) is 5.91 Å². The van der Waals surface area contributed by atoms with Crippen molar-refractivity contribution in [3.63, 3.8) is 0 Å². The first-order valence-electron chi connectivity index (χ1n) is 9.41. The molecule has 1 aliphatic heterocycles. The average Bonchev–Trinajstić information content (AvgIpc) is 2.69. The molecule has 142 valence electrons. The maximum Gasteiger partial charge on any atom is 0.238 e. The first-order valence-corrected chi connectivity index (χ1v) is 9.41. The molecule has 1 N–H and O–H groups in total. The third-order valence-electron chi connectivity index (χ3n) is 5.12. The summed E-state index contributed by atoms with van der Waals surface area (Å²) in [4.78, 5) is 29.2. The van der Waals surface area contributed by atoms with Crippen molar-refractivity contribution in [1.82, 2.24) is 9.80 Å². The van der Waals surface area contributed by atoms with Crippen LogP contribution in [0.15, 0.2) is 54.6 Å². The summed E-state index contributed by atoms with van der Waals surface area (Å²) in [6.45, 7) is 2.30. The van der Waals surface area contributed by atoms with E-state index in [0.717, 1.165) is 25.9 Å². The first kappa shape index (κ1) is 19.3. The highest BCUT2D eigenvalue weighted by molar-refractivity contribution is 6.09. The van der Waals surface area contributed by atoms with Crippen molar-refractivity contribution in [3.05, 3.63) is 65.7 Å². The zero-order chi connectivity index (χ0) is 19.2. The molecule has 0 radical (unpaired) electrons. The number of nitrogens with zero attached hydrogens (tertiary/aromatic N) is 2. The Hall–Kier alpha value is -2.50. The van der Waals surface area contributed by atoms with Crippen LogP contribution in [0.5, 0.6) is 0 Å². The molecule has 0 aromatic heterocycles. The Balaban J connectivity index is 1.51. The molecule has 0 saturated carbocycles. The Morgan fingerprint density at radius 2 is 1.56 bits per heavy atom. The lowest BCUT2D eigenvalue weighted by molar-refractivity contribution is -0.117. The number of amides is 1. The molecule has 2 aromatic rings. The molecular weight excluding hydrogens is 338 g/mol. The molecule has 3 rings (SSSR count). The van der Waals surface area contributed by atoms with E-state index in [0.29, 0.717) is 29.4 Å². The van der Waals surface area contributed by atoms with Crippen molar-refractivity contribution in [2.75, 3.05) is 39.0 Å². The largest absolute Gasteiger partial charge is 0.325 e. The van der Waals surface area contributed by atoms with E-state index in [1.54, 1.807) is 36.4 Å². The predicted molar refractivity (Wildman–Crippen MR) is 108 cm³/mol. The number of nitrogens with one attached hydrogen (secondary N) is 1. The fourth-order valence-electron chi connectivity index (χ4n) is 3.46. The van der Waals surface area contributed by atoms with Crippen molar-refractivity contribution in [1.29, 1.82) is 0 Å². The van der Waals surface area contributed by atoms with E-state index >= 15 is 0 Å². The van der Waals surface area contributed by atoms with Crippen molar-refractivity contribution in [3.8, 4) is 0 Å². The third-order valence-corrected chi connectivity index (χ3v) is 5.12. The number of hydrogen-bond donors (Lipinski definition) is 1. The Kier molecular flexibility index (Phi) is 6.37. The Morgan fingerprint density at radius 1 is 0.963 bits per heavy atom. The lowest BCUT2D eigenvalue weighted by atomic mass is 10.0. The van der Waals surface area contributed by atoms with Crippen LogP contribution in [0.3, 0.4) is 0 Å². The molecule has 1 aliphatic rings. The van der Waals surface area contributed by atoms with Crippen LogP contribution in [0, 0.1) is 0 Å². The average molecular weight is 365 g/mol. The van der Waals surface area contributed by atoms with E-state index in [1.807, 2.05) is 18.2 Å². The van der Waals surface area contributed by atoms with Crippen molar-refractivity contribution in [2.45, 2.75) is 18.9 Å². The van der Waals surface area contributed by atoms with E-state index in [4.69, 9.17) is 0 Å². The molecule has 0 unspecified atom stereocenters. The van der Waals surface area contributed by atoms with E-state index in [1.165, 1.54) is 0 Å². The van der Waals surface area contributed by atoms with Gasteiger partial charge in [-0.2, -0.15) is 0 Å². The number of carbonyl (C=O) groups is 2. The van der Waals surface area contributed by atoms with E-state index in [-0.39, 0.29) is 11.7 Å². The zero-order valence-electron chi connectivity index (χ0n) is 16.0. The second-order valence-corrected chi connectivity index (χ2v) is 7.29. The molecule has 1 saturated heterocycles. The topological polar surface area (TPSA) is 52.6 Å². The van der Waals surface area contributed by atoms with Crippen LogP contribution < -0.4 is 5.32 Å². The van der Waals surface area contributed by atoms with E-state index in [9.17, 15) is 9.59 Å². The number of benzene rings is 2. The summed E-state index contributed by atoms with van der Waals surface area (Å²) in [7, 11) is 4.22. The molecule has 0 atom stereocenters. The SMILES string of the molecule is CN(C)C1CCN(CC(=O)Nc2ccc(C(=O)c3ccccc3)cc2)CC1. The van der Waals surface area contributed by atoms with Crippen LogP contribution in [0.4, 0.5) is 5.69 Å². The van der Waals surface area contributed by atoms with Gasteiger partial charge < -0.3 is 10.2 Å². The summed E-state index contributed by atoms with van der Waals surface area (Å²) < 4.78 is 0. The van der Waals surface area contributed by atoms with Gasteiger partial charge in [0.15, 0.2) is 5.78 Å². The predicted octanol–water partition coefficient (Wildman–Crippen LogP) is 2.88. The summed E-state index contributed by atoms with van der Waals surface area (Å²) in [5.41, 5.74) is 1.99. The van der Waals surface area contributed by atoms with Crippen LogP contribution in [0.1, 0.15) is 28.8 Å². The minimum Gasteiger partial charge on any atom is -0.325 e. The standard InChI is InChI=1S/C22H27N3O2/c1-24(2)20-12-14-25(15-13-20)16-21(26)23-19-10-8-18(9-11-19)22(27)17-6-4-3-5-7-17/h3-11,20H,12-16H2,1-2H3,(H,23,26). The zero-order valence-corrected chi connectivity index (χ0v) is 16.0. The first-order chi connectivity index (χ1) is 13.0. The highest BCUT2D eigenvalue weighted by atomic mass is 16.2. The van der Waals surface area contributed by atoms with Gasteiger partial charge in [-0.3, -0.25) is 14.5 Å². The number of piperidine rings is 1. The molecule has 27 heavy (non-hydrogen) atoms. The van der Waals surface area contributed by atoms with Crippen LogP contribution in [-0.2, 0) is 4.79 Å². The fourth-order valence-corrected chi connectivity index (χ4v) is 3.46. The highest BCUT2D eigenvalue weighted by Gasteiger charge is 2.22. The lowest BCUT2D eigenvalue weighted by Gasteiger charge is -2.34. The molecule has 5 heteroatoms. The third kappa shape index (κ3) is 5.25. The van der Waals surface area contributed by atoms with Crippen LogP contribution in [0.25, 0.3) is 0 Å². The van der Waals surface area contributed by atoms with Gasteiger partial charge in [-0.1, -0.05) is 30.3 Å². The number of anilines is 1. The van der Waals surface area contributed by atoms with Crippen LogP contribution in [-0.4, -0.2) is 61.3 Å². The van der Waals surface area contributed by atoms with Gasteiger partial charge in [0, 0.05) is 35.9 Å². The van der Waals surface area contributed by atoms with Gasteiger partial charge in [0.05, 0.1) is 6.54 Å². The number of ketones is 1. The van der Waals surface area contributed by atoms with Gasteiger partial charge in [0.25, 0.3) is 0 Å². The Labute approximate surface area is 161 Å². The van der Waals surface area contributed by atoms with Crippen LogP contribution >= 0.6 is 0 Å². The maximum absolute atomic E-state index is 12.4. The maximum atomic E-state index is 12.4. The van der Waals surface area contributed by atoms with Gasteiger partial charge in [-0.15, -0.1) is 0 Å². The van der Waals surface area contributed by atoms with E-state index < -0.39 is 0 Å². The van der Waals surface area contributed by atoms with Crippen LogP contribution in [0.2, 0.25) is 0 Å². The minimum absolute atomic E-state index is 0.0135. The van der Waals surface area contributed by atoms with Gasteiger partial charge in [-0.25, -0.2) is 0 Å². The highest BCUT2D eigenvalue weighted by Crippen LogP contribution is 2.16. The van der Waals surface area contributed by atoms with E-state index in [2.05, 4.69) is 29.2 Å². The number of carbonyl (C=O) groups excluding carboxylic acids is 2. The summed E-state index contributed by atoms with van der Waals surface area (Å²) in [5.74, 6) is -0.0299. The monoisotopic (exact) mass is 365 g/mol. The normalized spacial score (nSPS) is 15.7. The molecule has 5 nitrogen and oxygen atoms in total. The second kappa shape index (κ2) is 8.93. The summed E-state index contributed by atoms with van der Waals surface area (Å²) in [5, 5.41) is 2.93. The molecule has 1 amide bonds. The van der Waals surface area contributed by atoms with Crippen molar-refractivity contribution in [2.24, 2.45) is 0 Å². The fraction of sp³-hybridized carbons (Fsp3) is 0.364. The minimum atomic E-state index is -0.0164. The molecule has 2 aromatic carbocycles. The van der Waals surface area contributed by atoms with Gasteiger partial charge in [-0.05, 0) is 51.2 Å². The molecule has 0 aliphatic carbocycles. The molecule has 1 fully saturated rings. The Bertz CT molecular complexity index is 764. The molecule has 1 heterocycles. The molecule has 0 bridgehead atoms. The Morgan fingerprint density at radius 3 is 2.15 bits per heavy atom. The summed E-state index contributed by atoms with van der Waals surface area (Å²) in [6, 6.07) is 16.9. The second-order valence-electron chi connectivity index (χ2n) is 7.29. The summed E-state index contributed by atoms with van der Waals surface area (Å²) >= 11 is 0. The van der Waals surface area contributed by atoms with Gasteiger partial charge >= 0.3 is 0 Å². The van der Waals surface area contributed by atoms with Gasteiger partial charge in [0.1, 0.15) is 0 Å². The number of hydrogen-bond acceptors (Lipinski definition) is 4. The van der Waals surface area contributed by atoms with Crippen molar-refractivity contribution >= 4 is 17.4 Å². The number of likely N-dealkylation sites (tertiary alicyclic amines) is 1. The van der Waals surface area contributed by atoms with Crippen molar-refractivity contribution < 1.29 is 9.59 Å². The summed E-state index contributed by atoms with van der Waals surface area (Å²) in [6.07, 6.45) is 2.19. The molecular formula is C22H27N3O2. The quantitative estimate of drug-likeness (QED) is 0.800. The molecule has 0 spiro atoms. The number of rotatable bonds is 6. The smallest absolute Gasteiger partial charge is 0.238 e. The lowest BCUT2D eigenvalue weighted by Crippen LogP contribution is -2.44.